The van der Waals surface area contributed by atoms with Crippen molar-refractivity contribution in [3.8, 4) is 0 Å². The summed E-state index contributed by atoms with van der Waals surface area (Å²) in [4.78, 5) is 23.9. The third-order valence-corrected chi connectivity index (χ3v) is 5.34. The predicted octanol–water partition coefficient (Wildman–Crippen LogP) is 3.35. The van der Waals surface area contributed by atoms with Gasteiger partial charge in [-0.3, -0.25) is 9.59 Å². The van der Waals surface area contributed by atoms with E-state index in [-0.39, 0.29) is 17.9 Å². The molecule has 0 aromatic carbocycles. The Kier molecular flexibility index (Phi) is 6.07. The van der Waals surface area contributed by atoms with Gasteiger partial charge in [0.25, 0.3) is 0 Å². The Morgan fingerprint density at radius 2 is 1.57 bits per heavy atom. The fourth-order valence-corrected chi connectivity index (χ4v) is 3.95. The van der Waals surface area contributed by atoms with E-state index in [0.29, 0.717) is 12.3 Å². The highest BCUT2D eigenvalue weighted by molar-refractivity contribution is 5.85. The van der Waals surface area contributed by atoms with E-state index >= 15 is 0 Å². The van der Waals surface area contributed by atoms with Crippen LogP contribution >= 0.6 is 0 Å². The third kappa shape index (κ3) is 4.45. The maximum Gasteiger partial charge on any atom is 0.307 e. The van der Waals surface area contributed by atoms with Gasteiger partial charge in [-0.25, -0.2) is 0 Å². The lowest BCUT2D eigenvalue weighted by molar-refractivity contribution is -0.146. The van der Waals surface area contributed by atoms with E-state index in [4.69, 9.17) is 0 Å². The van der Waals surface area contributed by atoms with Gasteiger partial charge in [0.2, 0.25) is 5.91 Å². The zero-order valence-electron chi connectivity index (χ0n) is 13.1. The minimum absolute atomic E-state index is 0.0103. The largest absolute Gasteiger partial charge is 0.481 e. The highest BCUT2D eigenvalue weighted by atomic mass is 16.4. The summed E-state index contributed by atoms with van der Waals surface area (Å²) in [5, 5.41) is 12.5. The lowest BCUT2D eigenvalue weighted by atomic mass is 9.93. The predicted molar refractivity (Wildman–Crippen MR) is 81.9 cm³/mol. The van der Waals surface area contributed by atoms with Gasteiger partial charge >= 0.3 is 5.97 Å². The van der Waals surface area contributed by atoms with Gasteiger partial charge in [-0.1, -0.05) is 45.4 Å². The molecule has 2 rings (SSSR count). The maximum atomic E-state index is 12.5. The first-order valence-electron chi connectivity index (χ1n) is 8.65. The van der Waals surface area contributed by atoms with E-state index in [0.717, 1.165) is 25.7 Å². The Bertz CT molecular complexity index is 361. The van der Waals surface area contributed by atoms with Gasteiger partial charge in [0.1, 0.15) is 0 Å². The molecule has 4 heteroatoms. The average molecular weight is 295 g/mol. The van der Waals surface area contributed by atoms with Gasteiger partial charge in [-0.05, 0) is 31.6 Å². The van der Waals surface area contributed by atoms with Crippen LogP contribution in [-0.2, 0) is 9.59 Å². The zero-order valence-corrected chi connectivity index (χ0v) is 13.1. The monoisotopic (exact) mass is 295 g/mol. The van der Waals surface area contributed by atoms with Crippen LogP contribution in [0.1, 0.15) is 71.1 Å². The molecule has 4 nitrogen and oxygen atoms in total. The van der Waals surface area contributed by atoms with Gasteiger partial charge < -0.3 is 10.4 Å². The van der Waals surface area contributed by atoms with E-state index in [1.807, 2.05) is 0 Å². The molecule has 2 aliphatic carbocycles. The Hall–Kier alpha value is -1.06. The summed E-state index contributed by atoms with van der Waals surface area (Å²) in [6.07, 6.45) is 10.6. The number of carbonyl (C=O) groups excluding carboxylic acids is 1. The SMILES string of the molecule is CCC1C[C@H](C(=O)NC2CCCCCCC2)[C@H](C(=O)O)C1. The number of hydrogen-bond acceptors (Lipinski definition) is 2. The number of rotatable bonds is 4. The number of amides is 1. The molecule has 120 valence electrons. The third-order valence-electron chi connectivity index (χ3n) is 5.34. The van der Waals surface area contributed by atoms with Crippen molar-refractivity contribution in [3.05, 3.63) is 0 Å². The molecule has 2 saturated carbocycles. The smallest absolute Gasteiger partial charge is 0.307 e. The van der Waals surface area contributed by atoms with E-state index in [2.05, 4.69) is 12.2 Å². The minimum atomic E-state index is -0.802. The lowest BCUT2D eigenvalue weighted by Crippen LogP contribution is -2.41. The molecular formula is C17H29NO3. The van der Waals surface area contributed by atoms with Gasteiger partial charge in [0.05, 0.1) is 11.8 Å². The Labute approximate surface area is 127 Å². The van der Waals surface area contributed by atoms with Crippen LogP contribution in [0.25, 0.3) is 0 Å². The molecular weight excluding hydrogens is 266 g/mol. The molecule has 2 aliphatic rings. The molecule has 0 spiro atoms. The fraction of sp³-hybridized carbons (Fsp3) is 0.882. The Balaban J connectivity index is 1.92. The molecule has 2 N–H and O–H groups in total. The molecule has 0 aromatic rings. The van der Waals surface area contributed by atoms with Gasteiger partial charge in [0, 0.05) is 6.04 Å². The molecule has 0 aliphatic heterocycles. The number of aliphatic carboxylic acids is 1. The molecule has 0 saturated heterocycles. The second kappa shape index (κ2) is 7.81. The average Bonchev–Trinajstić information content (AvgIpc) is 2.86. The van der Waals surface area contributed by atoms with Crippen LogP contribution in [0.4, 0.5) is 0 Å². The molecule has 0 bridgehead atoms. The van der Waals surface area contributed by atoms with Crippen molar-refractivity contribution in [3.63, 3.8) is 0 Å². The maximum absolute atomic E-state index is 12.5. The summed E-state index contributed by atoms with van der Waals surface area (Å²) in [6, 6.07) is 0.257. The molecule has 1 amide bonds. The summed E-state index contributed by atoms with van der Waals surface area (Å²) in [6.45, 7) is 2.08. The van der Waals surface area contributed by atoms with E-state index in [9.17, 15) is 14.7 Å². The zero-order chi connectivity index (χ0) is 15.2. The highest BCUT2D eigenvalue weighted by Gasteiger charge is 2.42. The van der Waals surface area contributed by atoms with Crippen molar-refractivity contribution in [1.29, 1.82) is 0 Å². The van der Waals surface area contributed by atoms with Gasteiger partial charge in [-0.2, -0.15) is 0 Å². The normalized spacial score (nSPS) is 31.4. The molecule has 0 aromatic heterocycles. The van der Waals surface area contributed by atoms with Crippen molar-refractivity contribution in [2.75, 3.05) is 0 Å². The van der Waals surface area contributed by atoms with Crippen LogP contribution in [0, 0.1) is 17.8 Å². The molecule has 21 heavy (non-hydrogen) atoms. The van der Waals surface area contributed by atoms with Gasteiger partial charge in [-0.15, -0.1) is 0 Å². The summed E-state index contributed by atoms with van der Waals surface area (Å²) in [5.74, 6) is -1.23. The Morgan fingerprint density at radius 1 is 1.00 bits per heavy atom. The molecule has 2 fully saturated rings. The van der Waals surface area contributed by atoms with E-state index < -0.39 is 11.9 Å². The van der Waals surface area contributed by atoms with Crippen LogP contribution in [0.3, 0.4) is 0 Å². The number of carboxylic acids is 1. The van der Waals surface area contributed by atoms with Crippen molar-refractivity contribution < 1.29 is 14.7 Å². The van der Waals surface area contributed by atoms with Crippen LogP contribution in [-0.4, -0.2) is 23.0 Å². The van der Waals surface area contributed by atoms with Crippen LogP contribution < -0.4 is 5.32 Å². The number of carboxylic acid groups (broad SMARTS) is 1. The first kappa shape index (κ1) is 16.3. The Morgan fingerprint density at radius 3 is 2.14 bits per heavy atom. The standard InChI is InChI=1S/C17H29NO3/c1-2-12-10-14(15(11-12)17(20)21)16(19)18-13-8-6-4-3-5-7-9-13/h12-15H,2-11H2,1H3,(H,18,19)(H,20,21)/t12?,14-,15+/m0/s1. The molecule has 3 atom stereocenters. The lowest BCUT2D eigenvalue weighted by Gasteiger charge is -2.24. The summed E-state index contributed by atoms with van der Waals surface area (Å²) < 4.78 is 0. The van der Waals surface area contributed by atoms with Crippen molar-refractivity contribution in [2.24, 2.45) is 17.8 Å². The fourth-order valence-electron chi connectivity index (χ4n) is 3.95. The number of hydrogen-bond donors (Lipinski definition) is 2. The summed E-state index contributed by atoms with van der Waals surface area (Å²) >= 11 is 0. The quantitative estimate of drug-likeness (QED) is 0.836. The van der Waals surface area contributed by atoms with E-state index in [1.165, 1.54) is 32.1 Å². The van der Waals surface area contributed by atoms with Crippen molar-refractivity contribution in [1.82, 2.24) is 5.32 Å². The first-order valence-corrected chi connectivity index (χ1v) is 8.65. The molecule has 0 heterocycles. The minimum Gasteiger partial charge on any atom is -0.481 e. The second-order valence-corrected chi connectivity index (χ2v) is 6.85. The topological polar surface area (TPSA) is 66.4 Å². The number of carbonyl (C=O) groups is 2. The van der Waals surface area contributed by atoms with Crippen LogP contribution in [0.2, 0.25) is 0 Å². The summed E-state index contributed by atoms with van der Waals surface area (Å²) in [7, 11) is 0. The van der Waals surface area contributed by atoms with E-state index in [1.54, 1.807) is 0 Å². The van der Waals surface area contributed by atoms with Crippen molar-refractivity contribution in [2.45, 2.75) is 77.2 Å². The molecule has 1 unspecified atom stereocenters. The summed E-state index contributed by atoms with van der Waals surface area (Å²) in [5.41, 5.74) is 0. The highest BCUT2D eigenvalue weighted by Crippen LogP contribution is 2.38. The molecule has 0 radical (unpaired) electrons. The van der Waals surface area contributed by atoms with Crippen LogP contribution in [0.5, 0.6) is 0 Å². The van der Waals surface area contributed by atoms with Gasteiger partial charge in [0.15, 0.2) is 0 Å². The first-order chi connectivity index (χ1) is 10.1. The van der Waals surface area contributed by atoms with Crippen molar-refractivity contribution >= 4 is 11.9 Å². The number of nitrogens with one attached hydrogen (secondary N) is 1. The van der Waals surface area contributed by atoms with Crippen LogP contribution in [0.15, 0.2) is 0 Å². The second-order valence-electron chi connectivity index (χ2n) is 6.85.